The summed E-state index contributed by atoms with van der Waals surface area (Å²) in [6.45, 7) is 4.52. The van der Waals surface area contributed by atoms with Crippen LogP contribution < -0.4 is 10.2 Å². The van der Waals surface area contributed by atoms with Crippen molar-refractivity contribution in [1.82, 2.24) is 5.32 Å². The maximum Gasteiger partial charge on any atom is 0.270 e. The molecule has 0 saturated carbocycles. The van der Waals surface area contributed by atoms with Crippen LogP contribution in [0.4, 0.5) is 11.4 Å². The lowest BCUT2D eigenvalue weighted by molar-refractivity contribution is -0.384. The van der Waals surface area contributed by atoms with Crippen LogP contribution in [-0.4, -0.2) is 30.6 Å². The molecule has 1 atom stereocenters. The Morgan fingerprint density at radius 2 is 2.39 bits per heavy atom. The molecule has 0 amide bonds. The molecule has 1 aromatic rings. The molecule has 0 aromatic heterocycles. The molecule has 18 heavy (non-hydrogen) atoms. The SMILES string of the molecule is C[C@H]1CN(c2ccc([N+](=O)[O-])cc2C#N)CCN1. The number of hydrogen-bond acceptors (Lipinski definition) is 5. The van der Waals surface area contributed by atoms with Crippen LogP contribution in [0.25, 0.3) is 0 Å². The Bertz CT molecular complexity index is 509. The van der Waals surface area contributed by atoms with E-state index in [4.69, 9.17) is 5.26 Å². The molecule has 2 rings (SSSR count). The van der Waals surface area contributed by atoms with Gasteiger partial charge in [0, 0.05) is 37.8 Å². The molecule has 1 aliphatic rings. The Morgan fingerprint density at radius 1 is 1.61 bits per heavy atom. The van der Waals surface area contributed by atoms with E-state index >= 15 is 0 Å². The third-order valence-electron chi connectivity index (χ3n) is 3.02. The van der Waals surface area contributed by atoms with E-state index in [1.807, 2.05) is 6.07 Å². The fourth-order valence-electron chi connectivity index (χ4n) is 2.15. The lowest BCUT2D eigenvalue weighted by atomic mass is 10.1. The summed E-state index contributed by atoms with van der Waals surface area (Å²) in [5.74, 6) is 0. The van der Waals surface area contributed by atoms with E-state index in [1.165, 1.54) is 12.1 Å². The predicted octanol–water partition coefficient (Wildman–Crippen LogP) is 1.26. The van der Waals surface area contributed by atoms with Gasteiger partial charge in [0.15, 0.2) is 0 Å². The number of nitrogens with one attached hydrogen (secondary N) is 1. The number of nitrogens with zero attached hydrogens (tertiary/aromatic N) is 3. The lowest BCUT2D eigenvalue weighted by Gasteiger charge is -2.34. The van der Waals surface area contributed by atoms with E-state index in [0.29, 0.717) is 11.6 Å². The summed E-state index contributed by atoms with van der Waals surface area (Å²) in [5, 5.41) is 23.1. The quantitative estimate of drug-likeness (QED) is 0.627. The number of rotatable bonds is 2. The van der Waals surface area contributed by atoms with Crippen LogP contribution in [0.1, 0.15) is 12.5 Å². The molecule has 1 fully saturated rings. The third-order valence-corrected chi connectivity index (χ3v) is 3.02. The number of nitro groups is 1. The second kappa shape index (κ2) is 5.02. The zero-order valence-corrected chi connectivity index (χ0v) is 10.1. The van der Waals surface area contributed by atoms with E-state index in [-0.39, 0.29) is 5.69 Å². The van der Waals surface area contributed by atoms with Crippen LogP contribution >= 0.6 is 0 Å². The summed E-state index contributed by atoms with van der Waals surface area (Å²) in [7, 11) is 0. The van der Waals surface area contributed by atoms with Gasteiger partial charge in [-0.1, -0.05) is 0 Å². The third kappa shape index (κ3) is 2.41. The molecule has 1 aromatic carbocycles. The Labute approximate surface area is 105 Å². The number of benzene rings is 1. The first-order valence-corrected chi connectivity index (χ1v) is 5.78. The Kier molecular flexibility index (Phi) is 3.44. The van der Waals surface area contributed by atoms with Crippen molar-refractivity contribution in [2.75, 3.05) is 24.5 Å². The first kappa shape index (κ1) is 12.3. The molecule has 1 saturated heterocycles. The number of non-ortho nitro benzene ring substituents is 1. The molecule has 0 radical (unpaired) electrons. The number of hydrogen-bond donors (Lipinski definition) is 1. The highest BCUT2D eigenvalue weighted by atomic mass is 16.6. The standard InChI is InChI=1S/C12H14N4O2/c1-9-8-15(5-4-14-9)12-3-2-11(16(17)18)6-10(12)7-13/h2-3,6,9,14H,4-5,8H2,1H3/t9-/m0/s1. The van der Waals surface area contributed by atoms with Crippen LogP contribution in [-0.2, 0) is 0 Å². The normalized spacial score (nSPS) is 19.3. The molecular weight excluding hydrogens is 232 g/mol. The molecule has 1 heterocycles. The van der Waals surface area contributed by atoms with Gasteiger partial charge in [-0.25, -0.2) is 0 Å². The highest BCUT2D eigenvalue weighted by Crippen LogP contribution is 2.25. The van der Waals surface area contributed by atoms with E-state index in [1.54, 1.807) is 6.07 Å². The van der Waals surface area contributed by atoms with E-state index in [2.05, 4.69) is 17.1 Å². The van der Waals surface area contributed by atoms with Gasteiger partial charge in [-0.15, -0.1) is 0 Å². The summed E-state index contributed by atoms with van der Waals surface area (Å²) >= 11 is 0. The second-order valence-corrected chi connectivity index (χ2v) is 4.37. The summed E-state index contributed by atoms with van der Waals surface area (Å²) in [6.07, 6.45) is 0. The minimum atomic E-state index is -0.481. The fourth-order valence-corrected chi connectivity index (χ4v) is 2.15. The van der Waals surface area contributed by atoms with Crippen LogP contribution in [0.5, 0.6) is 0 Å². The van der Waals surface area contributed by atoms with Gasteiger partial charge in [0.25, 0.3) is 5.69 Å². The van der Waals surface area contributed by atoms with Crippen molar-refractivity contribution >= 4 is 11.4 Å². The smallest absolute Gasteiger partial charge is 0.270 e. The first-order chi connectivity index (χ1) is 8.61. The molecule has 1 aliphatic heterocycles. The monoisotopic (exact) mass is 246 g/mol. The highest BCUT2D eigenvalue weighted by Gasteiger charge is 2.20. The average molecular weight is 246 g/mol. The fraction of sp³-hybridized carbons (Fsp3) is 0.417. The van der Waals surface area contributed by atoms with E-state index in [0.717, 1.165) is 25.3 Å². The summed E-state index contributed by atoms with van der Waals surface area (Å²) in [4.78, 5) is 12.3. The Morgan fingerprint density at radius 3 is 3.00 bits per heavy atom. The van der Waals surface area contributed by atoms with Crippen molar-refractivity contribution in [1.29, 1.82) is 5.26 Å². The van der Waals surface area contributed by atoms with Gasteiger partial charge < -0.3 is 10.2 Å². The molecule has 94 valence electrons. The van der Waals surface area contributed by atoms with Crippen molar-refractivity contribution in [3.63, 3.8) is 0 Å². The molecule has 0 unspecified atom stereocenters. The Hall–Kier alpha value is -2.13. The van der Waals surface area contributed by atoms with Crippen molar-refractivity contribution in [2.24, 2.45) is 0 Å². The van der Waals surface area contributed by atoms with E-state index < -0.39 is 4.92 Å². The van der Waals surface area contributed by atoms with Gasteiger partial charge in [-0.05, 0) is 13.0 Å². The second-order valence-electron chi connectivity index (χ2n) is 4.37. The van der Waals surface area contributed by atoms with Crippen molar-refractivity contribution in [3.05, 3.63) is 33.9 Å². The molecule has 1 N–H and O–H groups in total. The van der Waals surface area contributed by atoms with Gasteiger partial charge >= 0.3 is 0 Å². The van der Waals surface area contributed by atoms with Gasteiger partial charge in [0.1, 0.15) is 6.07 Å². The number of piperazine rings is 1. The van der Waals surface area contributed by atoms with Gasteiger partial charge in [-0.2, -0.15) is 5.26 Å². The Balaban J connectivity index is 2.33. The topological polar surface area (TPSA) is 82.2 Å². The summed E-state index contributed by atoms with van der Waals surface area (Å²) < 4.78 is 0. The van der Waals surface area contributed by atoms with Gasteiger partial charge in [0.2, 0.25) is 0 Å². The maximum absolute atomic E-state index is 10.7. The van der Waals surface area contributed by atoms with Crippen LogP contribution in [0.2, 0.25) is 0 Å². The summed E-state index contributed by atoms with van der Waals surface area (Å²) in [6, 6.07) is 6.83. The van der Waals surface area contributed by atoms with Crippen LogP contribution in [0.15, 0.2) is 18.2 Å². The maximum atomic E-state index is 10.7. The zero-order chi connectivity index (χ0) is 13.1. The highest BCUT2D eigenvalue weighted by molar-refractivity contribution is 5.63. The van der Waals surface area contributed by atoms with Crippen molar-refractivity contribution < 1.29 is 4.92 Å². The molecule has 6 heteroatoms. The molecule has 0 aliphatic carbocycles. The minimum absolute atomic E-state index is 0.0431. The largest absolute Gasteiger partial charge is 0.368 e. The number of nitriles is 1. The van der Waals surface area contributed by atoms with E-state index in [9.17, 15) is 10.1 Å². The average Bonchev–Trinajstić information content (AvgIpc) is 2.37. The van der Waals surface area contributed by atoms with Gasteiger partial charge in [0.05, 0.1) is 16.2 Å². The summed E-state index contributed by atoms with van der Waals surface area (Å²) in [5.41, 5.74) is 1.09. The number of anilines is 1. The molecule has 6 nitrogen and oxygen atoms in total. The van der Waals surface area contributed by atoms with Crippen LogP contribution in [0, 0.1) is 21.4 Å². The minimum Gasteiger partial charge on any atom is -0.368 e. The molecule has 0 bridgehead atoms. The predicted molar refractivity (Wildman–Crippen MR) is 67.5 cm³/mol. The van der Waals surface area contributed by atoms with Crippen LogP contribution in [0.3, 0.4) is 0 Å². The first-order valence-electron chi connectivity index (χ1n) is 5.78. The number of nitro benzene ring substituents is 1. The molecule has 0 spiro atoms. The van der Waals surface area contributed by atoms with Crippen molar-refractivity contribution in [3.8, 4) is 6.07 Å². The zero-order valence-electron chi connectivity index (χ0n) is 10.1. The molecular formula is C12H14N4O2. The van der Waals surface area contributed by atoms with Gasteiger partial charge in [-0.3, -0.25) is 10.1 Å². The van der Waals surface area contributed by atoms with Crippen molar-refractivity contribution in [2.45, 2.75) is 13.0 Å². The lowest BCUT2D eigenvalue weighted by Crippen LogP contribution is -2.49.